The van der Waals surface area contributed by atoms with Crippen molar-refractivity contribution in [1.82, 2.24) is 9.80 Å². The number of carbonyl (C=O) groups is 3. The zero-order chi connectivity index (χ0) is 32.9. The number of Topliss-reactive ketones (excluding diaryl/α,β-unsaturated/α-hetero) is 2. The summed E-state index contributed by atoms with van der Waals surface area (Å²) in [5.74, 6) is -6.76. The number of benzene rings is 1. The molecule has 0 spiro atoms. The van der Waals surface area contributed by atoms with Crippen LogP contribution in [-0.4, -0.2) is 88.5 Å². The van der Waals surface area contributed by atoms with Crippen molar-refractivity contribution in [3.05, 3.63) is 45.2 Å². The molecule has 244 valence electrons. The molecule has 13 heteroatoms. The second-order valence-electron chi connectivity index (χ2n) is 13.6. The van der Waals surface area contributed by atoms with Gasteiger partial charge >= 0.3 is 6.18 Å². The molecule has 5 aliphatic rings. The van der Waals surface area contributed by atoms with Crippen LogP contribution in [0.2, 0.25) is 0 Å². The van der Waals surface area contributed by atoms with Crippen molar-refractivity contribution in [2.75, 3.05) is 28.3 Å². The number of likely N-dealkylation sites (N-methyl/N-ethyl adjacent to an activating group) is 1. The summed E-state index contributed by atoms with van der Waals surface area (Å²) in [5.41, 5.74) is 0.0135. The molecule has 0 saturated heterocycles. The van der Waals surface area contributed by atoms with Crippen LogP contribution in [0.25, 0.3) is 5.76 Å². The van der Waals surface area contributed by atoms with E-state index < -0.39 is 81.1 Å². The summed E-state index contributed by atoms with van der Waals surface area (Å²) >= 11 is 0. The number of alkyl halides is 3. The second-order valence-corrected chi connectivity index (χ2v) is 13.6. The Morgan fingerprint density at radius 2 is 1.80 bits per heavy atom. The van der Waals surface area contributed by atoms with Crippen LogP contribution < -0.4 is 5.73 Å². The molecule has 1 amide bonds. The van der Waals surface area contributed by atoms with Crippen molar-refractivity contribution in [2.45, 2.75) is 68.9 Å². The molecule has 3 fully saturated rings. The van der Waals surface area contributed by atoms with Crippen LogP contribution in [0.3, 0.4) is 0 Å². The van der Waals surface area contributed by atoms with Gasteiger partial charge in [-0.1, -0.05) is 6.42 Å². The molecule has 0 heterocycles. The normalized spacial score (nSPS) is 32.8. The highest BCUT2D eigenvalue weighted by molar-refractivity contribution is 6.24. The lowest BCUT2D eigenvalue weighted by Crippen LogP contribution is -2.66. The molecule has 1 aromatic carbocycles. The van der Waals surface area contributed by atoms with Gasteiger partial charge in [-0.2, -0.15) is 13.2 Å². The second kappa shape index (κ2) is 10.6. The number of aromatic hydroxyl groups is 1. The summed E-state index contributed by atoms with van der Waals surface area (Å²) in [6.45, 7) is -0.0638. The van der Waals surface area contributed by atoms with Crippen molar-refractivity contribution in [3.63, 3.8) is 0 Å². The number of primary amides is 1. The van der Waals surface area contributed by atoms with Gasteiger partial charge in [-0.05, 0) is 88.2 Å². The van der Waals surface area contributed by atoms with Crippen LogP contribution >= 0.6 is 0 Å². The number of nitrogens with zero attached hydrogens (tertiary/aromatic N) is 2. The van der Waals surface area contributed by atoms with E-state index >= 15 is 0 Å². The largest absolute Gasteiger partial charge is 0.508 e. The number of carbonyl (C=O) groups excluding carboxylic acids is 3. The van der Waals surface area contributed by atoms with Gasteiger partial charge in [0, 0.05) is 31.2 Å². The lowest BCUT2D eigenvalue weighted by atomic mass is 9.57. The third-order valence-corrected chi connectivity index (χ3v) is 11.1. The highest BCUT2D eigenvalue weighted by atomic mass is 19.4. The average molecular weight is 634 g/mol. The quantitative estimate of drug-likeness (QED) is 0.346. The van der Waals surface area contributed by atoms with Gasteiger partial charge in [0.05, 0.1) is 17.2 Å². The number of methoxy groups -OCH3 is 1. The molecule has 7 atom stereocenters. The third kappa shape index (κ3) is 4.44. The lowest BCUT2D eigenvalue weighted by molar-refractivity contribution is -0.159. The van der Waals surface area contributed by atoms with Crippen LogP contribution in [0.15, 0.2) is 23.0 Å². The predicted octanol–water partition coefficient (Wildman–Crippen LogP) is 3.26. The number of hydrogen-bond acceptors (Lipinski definition) is 9. The van der Waals surface area contributed by atoms with Gasteiger partial charge in [-0.3, -0.25) is 24.2 Å². The van der Waals surface area contributed by atoms with Crippen molar-refractivity contribution in [2.24, 2.45) is 29.4 Å². The molecule has 3 saturated carbocycles. The van der Waals surface area contributed by atoms with E-state index in [-0.39, 0.29) is 42.1 Å². The van der Waals surface area contributed by atoms with Crippen LogP contribution in [0.1, 0.15) is 54.4 Å². The van der Waals surface area contributed by atoms with Crippen LogP contribution in [0, 0.1) is 23.7 Å². The molecule has 5 N–H and O–H groups in total. The molecule has 2 unspecified atom stereocenters. The fourth-order valence-electron chi connectivity index (χ4n) is 9.32. The summed E-state index contributed by atoms with van der Waals surface area (Å²) in [5, 5.41) is 33.9. The van der Waals surface area contributed by atoms with Gasteiger partial charge in [-0.25, -0.2) is 0 Å². The summed E-state index contributed by atoms with van der Waals surface area (Å²) in [4.78, 5) is 43.4. The fourth-order valence-corrected chi connectivity index (χ4v) is 9.32. The summed E-state index contributed by atoms with van der Waals surface area (Å²) in [7, 11) is 5.93. The number of nitrogens with two attached hydrogens (primary N) is 1. The fraction of sp³-hybridized carbons (Fsp3) is 0.594. The minimum absolute atomic E-state index is 0.0638. The molecule has 0 aromatic heterocycles. The average Bonchev–Trinajstić information content (AvgIpc) is 3.56. The number of halogens is 3. The highest BCUT2D eigenvalue weighted by Gasteiger charge is 2.65. The first-order chi connectivity index (χ1) is 21.0. The third-order valence-electron chi connectivity index (χ3n) is 11.1. The molecule has 5 aliphatic carbocycles. The molecule has 6 rings (SSSR count). The molecular formula is C32H38F3N3O7. The molecule has 1 aromatic rings. The van der Waals surface area contributed by atoms with Crippen LogP contribution in [-0.2, 0) is 38.3 Å². The van der Waals surface area contributed by atoms with Crippen molar-refractivity contribution >= 4 is 23.2 Å². The number of phenolic OH excluding ortho intramolecular Hbond substituents is 1. The van der Waals surface area contributed by atoms with Gasteiger partial charge in [0.2, 0.25) is 5.78 Å². The summed E-state index contributed by atoms with van der Waals surface area (Å²) in [6.07, 6.45) is -1.20. The highest BCUT2D eigenvalue weighted by Crippen LogP contribution is 2.56. The van der Waals surface area contributed by atoms with Crippen LogP contribution in [0.5, 0.6) is 5.75 Å². The molecular weight excluding hydrogens is 595 g/mol. The molecule has 0 aliphatic heterocycles. The summed E-state index contributed by atoms with van der Waals surface area (Å²) < 4.78 is 50.4. The summed E-state index contributed by atoms with van der Waals surface area (Å²) in [6, 6.07) is -0.0531. The Balaban J connectivity index is 1.50. The first kappa shape index (κ1) is 31.6. The predicted molar refractivity (Wildman–Crippen MR) is 155 cm³/mol. The number of amides is 1. The Morgan fingerprint density at radius 3 is 2.33 bits per heavy atom. The first-order valence-corrected chi connectivity index (χ1v) is 15.2. The monoisotopic (exact) mass is 633 g/mol. The van der Waals surface area contributed by atoms with Crippen molar-refractivity contribution in [3.8, 4) is 5.75 Å². The van der Waals surface area contributed by atoms with Crippen molar-refractivity contribution in [1.29, 1.82) is 0 Å². The Labute approximate surface area is 258 Å². The Hall–Kier alpha value is -3.42. The van der Waals surface area contributed by atoms with Gasteiger partial charge in [0.15, 0.2) is 11.4 Å². The molecule has 45 heavy (non-hydrogen) atoms. The van der Waals surface area contributed by atoms with E-state index in [1.54, 1.807) is 7.05 Å². The maximum atomic E-state index is 14.9. The molecule has 0 radical (unpaired) electrons. The number of rotatable bonds is 6. The zero-order valence-corrected chi connectivity index (χ0v) is 25.6. The smallest absolute Gasteiger partial charge is 0.417 e. The Morgan fingerprint density at radius 1 is 1.11 bits per heavy atom. The maximum Gasteiger partial charge on any atom is 0.417 e. The van der Waals surface area contributed by atoms with Crippen molar-refractivity contribution < 1.29 is 47.6 Å². The topological polar surface area (TPSA) is 154 Å². The number of hydrogen-bond donors (Lipinski definition) is 4. The molecule has 10 nitrogen and oxygen atoms in total. The number of ketones is 2. The number of aliphatic hydroxyl groups excluding tert-OH is 2. The van der Waals surface area contributed by atoms with E-state index in [1.165, 1.54) is 19.0 Å². The number of phenols is 1. The van der Waals surface area contributed by atoms with E-state index in [0.29, 0.717) is 11.8 Å². The number of fused-ring (bicyclic) bond motifs is 5. The van der Waals surface area contributed by atoms with E-state index in [2.05, 4.69) is 0 Å². The minimum Gasteiger partial charge on any atom is -0.508 e. The Bertz CT molecular complexity index is 1570. The lowest BCUT2D eigenvalue weighted by Gasteiger charge is -2.52. The number of aliphatic hydroxyl groups is 2. The van der Waals surface area contributed by atoms with E-state index in [4.69, 9.17) is 10.5 Å². The maximum absolute atomic E-state index is 14.9. The van der Waals surface area contributed by atoms with Gasteiger partial charge < -0.3 is 25.8 Å². The van der Waals surface area contributed by atoms with Crippen LogP contribution in [0.4, 0.5) is 13.2 Å². The number of ether oxygens (including phenoxy) is 1. The zero-order valence-electron chi connectivity index (χ0n) is 25.6. The van der Waals surface area contributed by atoms with Gasteiger partial charge in [0.1, 0.15) is 22.8 Å². The SMILES string of the molecule is CO[C@]12C(=O)C3=C(O)c4c(O)cc(CN(C)[C@H]5CC6CCC5C6)c(C(F)(F)F)c4C[C@H]3C[C@H]1[C@H](N(C)C)C(=O)C(C(N)=O)=C2O. The van der Waals surface area contributed by atoms with E-state index in [0.717, 1.165) is 38.9 Å². The first-order valence-electron chi connectivity index (χ1n) is 15.2. The van der Waals surface area contributed by atoms with E-state index in [1.807, 2.05) is 4.90 Å². The molecule has 2 bridgehead atoms. The van der Waals surface area contributed by atoms with Gasteiger partial charge in [-0.15, -0.1) is 0 Å². The van der Waals surface area contributed by atoms with Gasteiger partial charge in [0.25, 0.3) is 5.91 Å². The Kier molecular flexibility index (Phi) is 7.41. The van der Waals surface area contributed by atoms with E-state index in [9.17, 15) is 42.9 Å². The standard InChI is InChI=1S/C32H38F3N3O7/c1-37(2)25-18-10-15-9-17-22(26(40)21(15)28(42)31(18,45-4)29(43)23(27(25)41)30(36)44)20(39)11-16(24(17)32(33,34)35)12-38(3)19-8-13-5-6-14(19)7-13/h11,13-15,18-19,25,39-40,43H,5-10,12H2,1-4H3,(H2,36,44)/t13?,14?,15-,18-,19-,25-,31-/m0/s1. The minimum atomic E-state index is -4.85.